The lowest BCUT2D eigenvalue weighted by Crippen LogP contribution is -2.23. The first-order chi connectivity index (χ1) is 15.1. The second-order valence-corrected chi connectivity index (χ2v) is 10.5. The van der Waals surface area contributed by atoms with E-state index in [9.17, 15) is 18.0 Å². The molecule has 2 N–H and O–H groups in total. The summed E-state index contributed by atoms with van der Waals surface area (Å²) in [6.07, 6.45) is 0. The van der Waals surface area contributed by atoms with Crippen molar-refractivity contribution < 1.29 is 23.1 Å². The summed E-state index contributed by atoms with van der Waals surface area (Å²) in [4.78, 5) is 23.8. The quantitative estimate of drug-likeness (QED) is 0.477. The number of nitrogens with zero attached hydrogens (tertiary/aromatic N) is 3. The van der Waals surface area contributed by atoms with Crippen LogP contribution in [-0.4, -0.2) is 45.4 Å². The number of anilines is 1. The first-order valence-electron chi connectivity index (χ1n) is 9.55. The minimum absolute atomic E-state index is 0.0656. The first kappa shape index (κ1) is 23.5. The molecule has 0 aliphatic rings. The summed E-state index contributed by atoms with van der Waals surface area (Å²) in [5.41, 5.74) is 1.39. The number of sulfone groups is 1. The average molecular weight is 475 g/mol. The van der Waals surface area contributed by atoms with Crippen LogP contribution in [0.3, 0.4) is 0 Å². The average Bonchev–Trinajstić information content (AvgIpc) is 3.07. The number of thioether (sulfide) groups is 1. The molecular formula is C21H22N4O5S2. The van der Waals surface area contributed by atoms with Crippen LogP contribution in [0.1, 0.15) is 28.7 Å². The molecule has 0 spiro atoms. The molecule has 0 bridgehead atoms. The molecule has 1 heterocycles. The number of nitrogens with one attached hydrogen (secondary N) is 1. The van der Waals surface area contributed by atoms with Crippen LogP contribution in [0.5, 0.6) is 0 Å². The third-order valence-electron chi connectivity index (χ3n) is 4.65. The van der Waals surface area contributed by atoms with E-state index in [-0.39, 0.29) is 27.9 Å². The number of hydrogen-bond acceptors (Lipinski definition) is 7. The van der Waals surface area contributed by atoms with Crippen LogP contribution >= 0.6 is 11.8 Å². The summed E-state index contributed by atoms with van der Waals surface area (Å²) in [6.45, 7) is 3.54. The lowest BCUT2D eigenvalue weighted by Gasteiger charge is -2.12. The summed E-state index contributed by atoms with van der Waals surface area (Å²) in [7, 11) is -1.95. The standard InChI is InChI=1S/C21H22N4O5S2/c1-13-7-9-17(10-8-13)32(29,30)12-18-23-24-21(25(18)3)31-14(2)19(26)22-16-6-4-5-15(11-16)20(27)28/h4-11,14H,12H2,1-3H3,(H,22,26)(H,27,28). The molecule has 0 radical (unpaired) electrons. The van der Waals surface area contributed by atoms with Gasteiger partial charge in [-0.2, -0.15) is 0 Å². The Bertz CT molecular complexity index is 1250. The maximum absolute atomic E-state index is 12.7. The highest BCUT2D eigenvalue weighted by atomic mass is 32.2. The Kier molecular flexibility index (Phi) is 6.99. The minimum atomic E-state index is -3.60. The number of carboxylic acid groups (broad SMARTS) is 1. The summed E-state index contributed by atoms with van der Waals surface area (Å²) in [6, 6.07) is 12.5. The highest BCUT2D eigenvalue weighted by Crippen LogP contribution is 2.24. The Morgan fingerprint density at radius 2 is 1.84 bits per heavy atom. The molecule has 11 heteroatoms. The number of rotatable bonds is 8. The number of aryl methyl sites for hydroxylation is 1. The van der Waals surface area contributed by atoms with Crippen LogP contribution in [0.4, 0.5) is 5.69 Å². The zero-order chi connectivity index (χ0) is 23.5. The van der Waals surface area contributed by atoms with Crippen LogP contribution in [0.2, 0.25) is 0 Å². The van der Waals surface area contributed by atoms with E-state index in [1.54, 1.807) is 54.9 Å². The fourth-order valence-corrected chi connectivity index (χ4v) is 4.90. The molecule has 0 aliphatic heterocycles. The number of hydrogen-bond donors (Lipinski definition) is 2. The molecule has 168 valence electrons. The van der Waals surface area contributed by atoms with Crippen molar-refractivity contribution in [3.8, 4) is 0 Å². The number of aromatic carboxylic acids is 1. The van der Waals surface area contributed by atoms with Gasteiger partial charge >= 0.3 is 5.97 Å². The van der Waals surface area contributed by atoms with E-state index in [1.165, 1.54) is 12.1 Å². The zero-order valence-corrected chi connectivity index (χ0v) is 19.3. The van der Waals surface area contributed by atoms with Gasteiger partial charge in [0, 0.05) is 12.7 Å². The van der Waals surface area contributed by atoms with Crippen molar-refractivity contribution in [1.29, 1.82) is 0 Å². The highest BCUT2D eigenvalue weighted by Gasteiger charge is 2.23. The van der Waals surface area contributed by atoms with Crippen LogP contribution in [-0.2, 0) is 27.4 Å². The van der Waals surface area contributed by atoms with Gasteiger partial charge in [0.1, 0.15) is 11.6 Å². The molecule has 3 rings (SSSR count). The van der Waals surface area contributed by atoms with Gasteiger partial charge in [0.25, 0.3) is 0 Å². The van der Waals surface area contributed by atoms with E-state index < -0.39 is 21.1 Å². The van der Waals surface area contributed by atoms with E-state index in [0.717, 1.165) is 17.3 Å². The van der Waals surface area contributed by atoms with Crippen LogP contribution in [0, 0.1) is 6.92 Å². The summed E-state index contributed by atoms with van der Waals surface area (Å²) >= 11 is 1.12. The topological polar surface area (TPSA) is 131 Å². The summed E-state index contributed by atoms with van der Waals surface area (Å²) in [5.74, 6) is -1.50. The third-order valence-corrected chi connectivity index (χ3v) is 7.42. The SMILES string of the molecule is Cc1ccc(S(=O)(=O)Cc2nnc(SC(C)C(=O)Nc3cccc(C(=O)O)c3)n2C)cc1. The van der Waals surface area contributed by atoms with E-state index >= 15 is 0 Å². The Morgan fingerprint density at radius 3 is 2.50 bits per heavy atom. The van der Waals surface area contributed by atoms with Crippen molar-refractivity contribution in [2.24, 2.45) is 7.05 Å². The van der Waals surface area contributed by atoms with E-state index in [4.69, 9.17) is 5.11 Å². The molecule has 2 aromatic carbocycles. The van der Waals surface area contributed by atoms with Gasteiger partial charge in [-0.1, -0.05) is 35.5 Å². The van der Waals surface area contributed by atoms with Gasteiger partial charge in [-0.05, 0) is 44.2 Å². The van der Waals surface area contributed by atoms with Gasteiger partial charge in [-0.15, -0.1) is 10.2 Å². The van der Waals surface area contributed by atoms with Crippen molar-refractivity contribution in [1.82, 2.24) is 14.8 Å². The molecule has 1 atom stereocenters. The van der Waals surface area contributed by atoms with E-state index in [1.807, 2.05) is 6.92 Å². The van der Waals surface area contributed by atoms with Gasteiger partial charge < -0.3 is 15.0 Å². The molecule has 0 fully saturated rings. The van der Waals surface area contributed by atoms with Crippen LogP contribution in [0.15, 0.2) is 58.6 Å². The Balaban J connectivity index is 1.68. The van der Waals surface area contributed by atoms with E-state index in [2.05, 4.69) is 15.5 Å². The number of amides is 1. The molecule has 3 aromatic rings. The number of carboxylic acids is 1. The van der Waals surface area contributed by atoms with Crippen molar-refractivity contribution in [3.05, 3.63) is 65.5 Å². The minimum Gasteiger partial charge on any atom is -0.478 e. The fourth-order valence-electron chi connectivity index (χ4n) is 2.76. The number of carbonyl (C=O) groups is 2. The second-order valence-electron chi connectivity index (χ2n) is 7.17. The lowest BCUT2D eigenvalue weighted by molar-refractivity contribution is -0.115. The predicted octanol–water partition coefficient (Wildman–Crippen LogP) is 2.91. The van der Waals surface area contributed by atoms with Crippen molar-refractivity contribution >= 4 is 39.2 Å². The Labute approximate surface area is 189 Å². The summed E-state index contributed by atoms with van der Waals surface area (Å²) in [5, 5.41) is 19.6. The largest absolute Gasteiger partial charge is 0.478 e. The maximum Gasteiger partial charge on any atom is 0.335 e. The van der Waals surface area contributed by atoms with Gasteiger partial charge in [0.05, 0.1) is 15.7 Å². The highest BCUT2D eigenvalue weighted by molar-refractivity contribution is 8.00. The van der Waals surface area contributed by atoms with Crippen molar-refractivity contribution in [2.75, 3.05) is 5.32 Å². The molecule has 1 aromatic heterocycles. The second kappa shape index (κ2) is 9.53. The molecule has 32 heavy (non-hydrogen) atoms. The van der Waals surface area contributed by atoms with Gasteiger partial charge in [-0.25, -0.2) is 13.2 Å². The normalized spacial score (nSPS) is 12.3. The monoisotopic (exact) mass is 474 g/mol. The number of carbonyl (C=O) groups excluding carboxylic acids is 1. The molecular weight excluding hydrogens is 452 g/mol. The van der Waals surface area contributed by atoms with Gasteiger partial charge in [0.2, 0.25) is 5.91 Å². The van der Waals surface area contributed by atoms with Gasteiger partial charge in [-0.3, -0.25) is 4.79 Å². The molecule has 0 saturated carbocycles. The van der Waals surface area contributed by atoms with E-state index in [0.29, 0.717) is 10.8 Å². The zero-order valence-electron chi connectivity index (χ0n) is 17.6. The lowest BCUT2D eigenvalue weighted by atomic mass is 10.2. The molecule has 0 saturated heterocycles. The smallest absolute Gasteiger partial charge is 0.335 e. The molecule has 1 unspecified atom stereocenters. The first-order valence-corrected chi connectivity index (χ1v) is 12.1. The van der Waals surface area contributed by atoms with Crippen LogP contribution < -0.4 is 5.32 Å². The fraction of sp³-hybridized carbons (Fsp3) is 0.238. The predicted molar refractivity (Wildman–Crippen MR) is 120 cm³/mol. The number of benzene rings is 2. The third kappa shape index (κ3) is 5.54. The van der Waals surface area contributed by atoms with Crippen LogP contribution in [0.25, 0.3) is 0 Å². The number of aromatic nitrogens is 3. The molecule has 0 aliphatic carbocycles. The maximum atomic E-state index is 12.7. The summed E-state index contributed by atoms with van der Waals surface area (Å²) < 4.78 is 26.9. The van der Waals surface area contributed by atoms with Crippen molar-refractivity contribution in [2.45, 2.75) is 34.9 Å². The Hall–Kier alpha value is -3.18. The molecule has 9 nitrogen and oxygen atoms in total. The molecule has 1 amide bonds. The van der Waals surface area contributed by atoms with Gasteiger partial charge in [0.15, 0.2) is 15.0 Å². The Morgan fingerprint density at radius 1 is 1.16 bits per heavy atom. The van der Waals surface area contributed by atoms with Crippen molar-refractivity contribution in [3.63, 3.8) is 0 Å².